The van der Waals surface area contributed by atoms with Crippen LogP contribution in [0.4, 0.5) is 0 Å². The van der Waals surface area contributed by atoms with Crippen LogP contribution >= 0.6 is 0 Å². The number of hydrogen-bond donors (Lipinski definition) is 1. The summed E-state index contributed by atoms with van der Waals surface area (Å²) >= 11 is 0. The van der Waals surface area contributed by atoms with Crippen molar-refractivity contribution in [2.75, 3.05) is 0 Å². The molecule has 3 aromatic carbocycles. The highest BCUT2D eigenvalue weighted by atomic mass is 16.2. The summed E-state index contributed by atoms with van der Waals surface area (Å²) in [5, 5.41) is 2.26. The summed E-state index contributed by atoms with van der Waals surface area (Å²) in [5.74, 6) is -0.729. The molecule has 0 radical (unpaired) electrons. The fourth-order valence-electron chi connectivity index (χ4n) is 3.43. The SMILES string of the molecule is O=C1C=C(c2ccc(CCc3ccc(C=CC(=O)c4ccccc4)cc3)cc2)C(=O)N1. The van der Waals surface area contributed by atoms with Crippen LogP contribution in [0.2, 0.25) is 0 Å². The van der Waals surface area contributed by atoms with Crippen LogP contribution in [0.1, 0.15) is 32.6 Å². The first kappa shape index (κ1) is 20.2. The Hall–Kier alpha value is -4.05. The fourth-order valence-corrected chi connectivity index (χ4v) is 3.43. The van der Waals surface area contributed by atoms with Gasteiger partial charge in [-0.2, -0.15) is 0 Å². The number of amides is 2. The summed E-state index contributed by atoms with van der Waals surface area (Å²) in [6, 6.07) is 25.1. The molecule has 3 aromatic rings. The molecule has 0 saturated heterocycles. The second kappa shape index (κ2) is 9.18. The molecule has 31 heavy (non-hydrogen) atoms. The number of imide groups is 1. The lowest BCUT2D eigenvalue weighted by Gasteiger charge is -2.05. The lowest BCUT2D eigenvalue weighted by atomic mass is 10.00. The van der Waals surface area contributed by atoms with Crippen molar-refractivity contribution >= 4 is 29.2 Å². The van der Waals surface area contributed by atoms with Crippen molar-refractivity contribution in [3.05, 3.63) is 119 Å². The maximum atomic E-state index is 12.2. The van der Waals surface area contributed by atoms with Gasteiger partial charge in [0.05, 0.1) is 5.57 Å². The predicted molar refractivity (Wildman–Crippen MR) is 121 cm³/mol. The second-order valence-electron chi connectivity index (χ2n) is 7.38. The first-order valence-corrected chi connectivity index (χ1v) is 10.1. The summed E-state index contributed by atoms with van der Waals surface area (Å²) in [6.45, 7) is 0. The van der Waals surface area contributed by atoms with Gasteiger partial charge in [-0.25, -0.2) is 0 Å². The molecule has 0 bridgehead atoms. The number of ketones is 1. The lowest BCUT2D eigenvalue weighted by molar-refractivity contribution is -0.123. The van der Waals surface area contributed by atoms with Crippen LogP contribution in [0, 0.1) is 0 Å². The third kappa shape index (κ3) is 5.11. The fraction of sp³-hybridized carbons (Fsp3) is 0.0741. The van der Waals surface area contributed by atoms with Crippen molar-refractivity contribution < 1.29 is 14.4 Å². The number of aryl methyl sites for hydroxylation is 2. The van der Waals surface area contributed by atoms with Crippen molar-refractivity contribution in [2.24, 2.45) is 0 Å². The molecule has 1 aliphatic heterocycles. The number of hydrogen-bond acceptors (Lipinski definition) is 3. The molecule has 1 heterocycles. The van der Waals surface area contributed by atoms with Crippen molar-refractivity contribution in [2.45, 2.75) is 12.8 Å². The van der Waals surface area contributed by atoms with E-state index in [1.54, 1.807) is 18.2 Å². The number of benzene rings is 3. The zero-order chi connectivity index (χ0) is 21.6. The van der Waals surface area contributed by atoms with Gasteiger partial charge in [0.15, 0.2) is 5.78 Å². The van der Waals surface area contributed by atoms with Crippen molar-refractivity contribution in [1.29, 1.82) is 0 Å². The monoisotopic (exact) mass is 407 g/mol. The summed E-state index contributed by atoms with van der Waals surface area (Å²) < 4.78 is 0. The van der Waals surface area contributed by atoms with Gasteiger partial charge in [0.1, 0.15) is 0 Å². The van der Waals surface area contributed by atoms with Gasteiger partial charge in [-0.1, -0.05) is 84.9 Å². The molecule has 2 amide bonds. The molecule has 4 rings (SSSR count). The maximum Gasteiger partial charge on any atom is 0.258 e. The average Bonchev–Trinajstić information content (AvgIpc) is 3.15. The topological polar surface area (TPSA) is 63.2 Å². The van der Waals surface area contributed by atoms with Gasteiger partial charge in [-0.15, -0.1) is 0 Å². The molecule has 0 fully saturated rings. The molecule has 0 atom stereocenters. The Balaban J connectivity index is 1.33. The van der Waals surface area contributed by atoms with E-state index in [0.717, 1.165) is 29.5 Å². The van der Waals surface area contributed by atoms with Gasteiger partial charge < -0.3 is 0 Å². The molecule has 1 aliphatic rings. The maximum absolute atomic E-state index is 12.2. The first-order valence-electron chi connectivity index (χ1n) is 10.1. The van der Waals surface area contributed by atoms with Crippen LogP contribution in [-0.4, -0.2) is 17.6 Å². The second-order valence-corrected chi connectivity index (χ2v) is 7.38. The highest BCUT2D eigenvalue weighted by Crippen LogP contribution is 2.19. The third-order valence-electron chi connectivity index (χ3n) is 5.19. The van der Waals surface area contributed by atoms with Crippen molar-refractivity contribution in [1.82, 2.24) is 5.32 Å². The Morgan fingerprint density at radius 2 is 1.39 bits per heavy atom. The third-order valence-corrected chi connectivity index (χ3v) is 5.19. The van der Waals surface area contributed by atoms with E-state index >= 15 is 0 Å². The number of rotatable bonds is 7. The molecule has 1 N–H and O–H groups in total. The Morgan fingerprint density at radius 1 is 0.774 bits per heavy atom. The van der Waals surface area contributed by atoms with Gasteiger partial charge in [-0.05, 0) is 41.2 Å². The highest BCUT2D eigenvalue weighted by molar-refractivity contribution is 6.33. The van der Waals surface area contributed by atoms with E-state index in [4.69, 9.17) is 0 Å². The van der Waals surface area contributed by atoms with Crippen LogP contribution in [0.3, 0.4) is 0 Å². The molecule has 0 saturated carbocycles. The number of nitrogens with one attached hydrogen (secondary N) is 1. The largest absolute Gasteiger partial charge is 0.289 e. The lowest BCUT2D eigenvalue weighted by Crippen LogP contribution is -2.21. The predicted octanol–water partition coefficient (Wildman–Crippen LogP) is 4.41. The highest BCUT2D eigenvalue weighted by Gasteiger charge is 2.21. The first-order chi connectivity index (χ1) is 15.1. The van der Waals surface area contributed by atoms with Gasteiger partial charge >= 0.3 is 0 Å². The van der Waals surface area contributed by atoms with Gasteiger partial charge in [-0.3, -0.25) is 19.7 Å². The summed E-state index contributed by atoms with van der Waals surface area (Å²) in [5.41, 5.74) is 5.18. The Bertz CT molecular complexity index is 1170. The molecule has 0 spiro atoms. The number of allylic oxidation sites excluding steroid dienone is 1. The molecule has 152 valence electrons. The zero-order valence-corrected chi connectivity index (χ0v) is 16.9. The molecule has 0 unspecified atom stereocenters. The van der Waals surface area contributed by atoms with Crippen molar-refractivity contribution in [3.8, 4) is 0 Å². The van der Waals surface area contributed by atoms with Gasteiger partial charge in [0.25, 0.3) is 11.8 Å². The molecule has 0 aliphatic carbocycles. The van der Waals surface area contributed by atoms with E-state index in [-0.39, 0.29) is 17.6 Å². The van der Waals surface area contributed by atoms with Crippen LogP contribution in [0.15, 0.2) is 91.0 Å². The Labute approximate surface area is 180 Å². The van der Waals surface area contributed by atoms with E-state index in [9.17, 15) is 14.4 Å². The van der Waals surface area contributed by atoms with Gasteiger partial charge in [0, 0.05) is 11.6 Å². The molecular weight excluding hydrogens is 386 g/mol. The van der Waals surface area contributed by atoms with E-state index in [1.807, 2.05) is 60.7 Å². The van der Waals surface area contributed by atoms with E-state index < -0.39 is 0 Å². The Kier molecular flexibility index (Phi) is 5.99. The summed E-state index contributed by atoms with van der Waals surface area (Å²) in [4.78, 5) is 35.2. The van der Waals surface area contributed by atoms with Crippen LogP contribution in [0.5, 0.6) is 0 Å². The normalized spacial score (nSPS) is 13.4. The molecular formula is C27H21NO3. The quantitative estimate of drug-likeness (QED) is 0.359. The minimum atomic E-state index is -0.369. The number of carbonyl (C=O) groups excluding carboxylic acids is 3. The van der Waals surface area contributed by atoms with E-state index in [2.05, 4.69) is 17.4 Å². The van der Waals surface area contributed by atoms with Crippen LogP contribution in [-0.2, 0) is 22.4 Å². The zero-order valence-electron chi connectivity index (χ0n) is 16.9. The van der Waals surface area contributed by atoms with E-state index in [0.29, 0.717) is 11.1 Å². The van der Waals surface area contributed by atoms with Crippen LogP contribution in [0.25, 0.3) is 11.6 Å². The minimum absolute atomic E-state index is 0.0108. The van der Waals surface area contributed by atoms with Crippen molar-refractivity contribution in [3.63, 3.8) is 0 Å². The summed E-state index contributed by atoms with van der Waals surface area (Å²) in [7, 11) is 0. The Morgan fingerprint density at radius 3 is 1.97 bits per heavy atom. The number of carbonyl (C=O) groups is 3. The minimum Gasteiger partial charge on any atom is -0.289 e. The summed E-state index contributed by atoms with van der Waals surface area (Å²) in [6.07, 6.45) is 6.51. The van der Waals surface area contributed by atoms with E-state index in [1.165, 1.54) is 11.6 Å². The standard InChI is InChI=1S/C27H21NO3/c29-25(23-4-2-1-3-5-23)17-14-20-9-6-19(7-10-20)8-11-21-12-15-22(16-13-21)24-18-26(30)28-27(24)31/h1-7,9-10,12-18H,8,11H2,(H,28,30,31). The average molecular weight is 407 g/mol. The molecule has 0 aromatic heterocycles. The smallest absolute Gasteiger partial charge is 0.258 e. The van der Waals surface area contributed by atoms with Crippen LogP contribution < -0.4 is 5.32 Å². The van der Waals surface area contributed by atoms with Gasteiger partial charge in [0.2, 0.25) is 0 Å². The molecule has 4 heteroatoms. The molecule has 4 nitrogen and oxygen atoms in total.